The van der Waals surface area contributed by atoms with E-state index in [0.717, 1.165) is 0 Å². The summed E-state index contributed by atoms with van der Waals surface area (Å²) in [5, 5.41) is 34.6. The number of hydrogen-bond donors (Lipinski definition) is 8. The molecule has 14 nitrogen and oxygen atoms in total. The standard InChI is InChI=1S/C20H35N5O9/c1-9(2)8-11(21)17(30)25-16(10(3)26)19(32)23-12(4-6-14(22)27)18(31)24-13(20(33)34)5-7-15(28)29/h9-13,16,26H,4-8,21H2,1-3H3,(H2,22,27)(H,23,32)(H,24,31)(H,25,30)(H,28,29)(H,33,34). The normalized spacial score (nSPS) is 15.4. The number of carboxylic acids is 2. The molecular formula is C20H35N5O9. The molecule has 0 rings (SSSR count). The van der Waals surface area contributed by atoms with E-state index in [4.69, 9.17) is 16.6 Å². The summed E-state index contributed by atoms with van der Waals surface area (Å²) in [5.41, 5.74) is 10.9. The first-order chi connectivity index (χ1) is 15.6. The molecule has 0 aromatic heterocycles. The fraction of sp³-hybridized carbons (Fsp3) is 0.700. The topological polar surface area (TPSA) is 251 Å². The highest BCUT2D eigenvalue weighted by Crippen LogP contribution is 2.06. The van der Waals surface area contributed by atoms with Gasteiger partial charge < -0.3 is 42.7 Å². The zero-order valence-electron chi connectivity index (χ0n) is 19.4. The SMILES string of the molecule is CC(C)CC(N)C(=O)NC(C(=O)NC(CCC(N)=O)C(=O)NC(CCC(=O)O)C(=O)O)C(C)O. The van der Waals surface area contributed by atoms with Gasteiger partial charge >= 0.3 is 11.9 Å². The first-order valence-corrected chi connectivity index (χ1v) is 10.7. The van der Waals surface area contributed by atoms with Gasteiger partial charge in [-0.05, 0) is 32.1 Å². The molecule has 10 N–H and O–H groups in total. The van der Waals surface area contributed by atoms with E-state index in [0.29, 0.717) is 6.42 Å². The Labute approximate surface area is 196 Å². The van der Waals surface area contributed by atoms with Crippen LogP contribution in [0.1, 0.15) is 52.9 Å². The molecule has 0 fully saturated rings. The van der Waals surface area contributed by atoms with Crippen LogP contribution >= 0.6 is 0 Å². The number of amides is 4. The molecule has 5 unspecified atom stereocenters. The van der Waals surface area contributed by atoms with Crippen molar-refractivity contribution >= 4 is 35.6 Å². The van der Waals surface area contributed by atoms with Gasteiger partial charge in [-0.15, -0.1) is 0 Å². The van der Waals surface area contributed by atoms with Gasteiger partial charge in [-0.3, -0.25) is 24.0 Å². The minimum atomic E-state index is -1.57. The van der Waals surface area contributed by atoms with Crippen LogP contribution in [-0.4, -0.2) is 81.2 Å². The van der Waals surface area contributed by atoms with Crippen LogP contribution in [0, 0.1) is 5.92 Å². The Kier molecular flexibility index (Phi) is 13.4. The van der Waals surface area contributed by atoms with Gasteiger partial charge in [-0.1, -0.05) is 13.8 Å². The molecule has 0 aliphatic heterocycles. The number of rotatable bonds is 16. The monoisotopic (exact) mass is 489 g/mol. The number of nitrogens with two attached hydrogens (primary N) is 2. The van der Waals surface area contributed by atoms with Crippen LogP contribution < -0.4 is 27.4 Å². The fourth-order valence-electron chi connectivity index (χ4n) is 2.89. The molecular weight excluding hydrogens is 454 g/mol. The van der Waals surface area contributed by atoms with Crippen molar-refractivity contribution in [3.05, 3.63) is 0 Å². The number of carboxylic acid groups (broad SMARTS) is 2. The van der Waals surface area contributed by atoms with Crippen molar-refractivity contribution in [2.75, 3.05) is 0 Å². The van der Waals surface area contributed by atoms with Gasteiger partial charge in [0.05, 0.1) is 12.1 Å². The summed E-state index contributed by atoms with van der Waals surface area (Å²) in [6.45, 7) is 4.91. The predicted octanol–water partition coefficient (Wildman–Crippen LogP) is -2.59. The van der Waals surface area contributed by atoms with E-state index < -0.39 is 78.7 Å². The van der Waals surface area contributed by atoms with Crippen molar-refractivity contribution in [1.82, 2.24) is 16.0 Å². The summed E-state index contributed by atoms with van der Waals surface area (Å²) < 4.78 is 0. The third-order valence-corrected chi connectivity index (χ3v) is 4.70. The minimum absolute atomic E-state index is 0.0877. The lowest BCUT2D eigenvalue weighted by atomic mass is 10.0. The van der Waals surface area contributed by atoms with Gasteiger partial charge in [-0.25, -0.2) is 4.79 Å². The zero-order valence-corrected chi connectivity index (χ0v) is 19.4. The second-order valence-corrected chi connectivity index (χ2v) is 8.36. The fourth-order valence-corrected chi connectivity index (χ4v) is 2.89. The van der Waals surface area contributed by atoms with Crippen molar-refractivity contribution in [2.45, 2.75) is 83.1 Å². The van der Waals surface area contributed by atoms with Crippen LogP contribution in [0.25, 0.3) is 0 Å². The average molecular weight is 490 g/mol. The molecule has 0 bridgehead atoms. The van der Waals surface area contributed by atoms with Gasteiger partial charge in [0.15, 0.2) is 0 Å². The summed E-state index contributed by atoms with van der Waals surface area (Å²) in [7, 11) is 0. The highest BCUT2D eigenvalue weighted by molar-refractivity contribution is 5.94. The Bertz CT molecular complexity index is 757. The third kappa shape index (κ3) is 12.1. The van der Waals surface area contributed by atoms with Crippen LogP contribution in [0.15, 0.2) is 0 Å². The molecule has 194 valence electrons. The Hall–Kier alpha value is -3.26. The number of primary amides is 1. The number of aliphatic carboxylic acids is 2. The van der Waals surface area contributed by atoms with Crippen molar-refractivity contribution in [3.63, 3.8) is 0 Å². The first-order valence-electron chi connectivity index (χ1n) is 10.7. The van der Waals surface area contributed by atoms with Crippen molar-refractivity contribution < 1.29 is 44.1 Å². The number of carbonyl (C=O) groups excluding carboxylic acids is 4. The van der Waals surface area contributed by atoms with Crippen LogP contribution in [0.2, 0.25) is 0 Å². The highest BCUT2D eigenvalue weighted by Gasteiger charge is 2.32. The van der Waals surface area contributed by atoms with Crippen LogP contribution in [-0.2, 0) is 28.8 Å². The van der Waals surface area contributed by atoms with E-state index in [2.05, 4.69) is 16.0 Å². The molecule has 0 aromatic rings. The van der Waals surface area contributed by atoms with E-state index >= 15 is 0 Å². The maximum atomic E-state index is 12.7. The number of carbonyl (C=O) groups is 6. The number of nitrogens with one attached hydrogen (secondary N) is 3. The summed E-state index contributed by atoms with van der Waals surface area (Å²) in [4.78, 5) is 70.9. The summed E-state index contributed by atoms with van der Waals surface area (Å²) in [6, 6.07) is -5.49. The van der Waals surface area contributed by atoms with E-state index in [1.165, 1.54) is 6.92 Å². The number of aliphatic hydroxyl groups excluding tert-OH is 1. The van der Waals surface area contributed by atoms with Crippen molar-refractivity contribution in [2.24, 2.45) is 17.4 Å². The maximum absolute atomic E-state index is 12.7. The molecule has 0 saturated carbocycles. The van der Waals surface area contributed by atoms with Crippen LogP contribution in [0.3, 0.4) is 0 Å². The average Bonchev–Trinajstić information content (AvgIpc) is 2.70. The molecule has 5 atom stereocenters. The Morgan fingerprint density at radius 3 is 1.76 bits per heavy atom. The maximum Gasteiger partial charge on any atom is 0.326 e. The summed E-state index contributed by atoms with van der Waals surface area (Å²) in [6.07, 6.45) is -2.70. The van der Waals surface area contributed by atoms with Gasteiger partial charge in [-0.2, -0.15) is 0 Å². The number of hydrogen-bond acceptors (Lipinski definition) is 8. The number of aliphatic hydroxyl groups is 1. The minimum Gasteiger partial charge on any atom is -0.481 e. The van der Waals surface area contributed by atoms with E-state index in [1.807, 2.05) is 13.8 Å². The van der Waals surface area contributed by atoms with Crippen molar-refractivity contribution in [1.29, 1.82) is 0 Å². The molecule has 0 aromatic carbocycles. The second kappa shape index (κ2) is 14.8. The molecule has 0 aliphatic rings. The van der Waals surface area contributed by atoms with E-state index in [-0.39, 0.29) is 18.8 Å². The van der Waals surface area contributed by atoms with Crippen molar-refractivity contribution in [3.8, 4) is 0 Å². The Morgan fingerprint density at radius 2 is 1.32 bits per heavy atom. The summed E-state index contributed by atoms with van der Waals surface area (Å²) in [5.74, 6) is -6.18. The molecule has 14 heteroatoms. The zero-order chi connectivity index (χ0) is 26.6. The lowest BCUT2D eigenvalue weighted by Crippen LogP contribution is -2.59. The molecule has 0 aliphatic carbocycles. The lowest BCUT2D eigenvalue weighted by molar-refractivity contribution is -0.143. The van der Waals surface area contributed by atoms with Crippen LogP contribution in [0.5, 0.6) is 0 Å². The Balaban J connectivity index is 5.51. The molecule has 4 amide bonds. The predicted molar refractivity (Wildman–Crippen MR) is 118 cm³/mol. The van der Waals surface area contributed by atoms with E-state index in [9.17, 15) is 39.0 Å². The molecule has 0 spiro atoms. The molecule has 0 saturated heterocycles. The lowest BCUT2D eigenvalue weighted by Gasteiger charge is -2.26. The van der Waals surface area contributed by atoms with Gasteiger partial charge in [0, 0.05) is 12.8 Å². The quantitative estimate of drug-likeness (QED) is 0.112. The second-order valence-electron chi connectivity index (χ2n) is 8.36. The molecule has 0 radical (unpaired) electrons. The molecule has 34 heavy (non-hydrogen) atoms. The van der Waals surface area contributed by atoms with Gasteiger partial charge in [0.25, 0.3) is 0 Å². The van der Waals surface area contributed by atoms with Gasteiger partial charge in [0.2, 0.25) is 23.6 Å². The smallest absolute Gasteiger partial charge is 0.326 e. The summed E-state index contributed by atoms with van der Waals surface area (Å²) >= 11 is 0. The first kappa shape index (κ1) is 30.7. The molecule has 0 heterocycles. The van der Waals surface area contributed by atoms with E-state index in [1.54, 1.807) is 0 Å². The highest BCUT2D eigenvalue weighted by atomic mass is 16.4. The largest absolute Gasteiger partial charge is 0.481 e. The Morgan fingerprint density at radius 1 is 0.794 bits per heavy atom. The third-order valence-electron chi connectivity index (χ3n) is 4.70. The van der Waals surface area contributed by atoms with Gasteiger partial charge in [0.1, 0.15) is 18.1 Å². The van der Waals surface area contributed by atoms with Crippen LogP contribution in [0.4, 0.5) is 0 Å².